The smallest absolute Gasteiger partial charge is 0.248 e. The van der Waals surface area contributed by atoms with Crippen LogP contribution in [-0.2, 0) is 11.2 Å². The number of amides is 1. The van der Waals surface area contributed by atoms with Gasteiger partial charge in [-0.05, 0) is 48.0 Å². The van der Waals surface area contributed by atoms with Crippen LogP contribution in [0.2, 0.25) is 0 Å². The normalized spacial score (nSPS) is 11.9. The van der Waals surface area contributed by atoms with E-state index >= 15 is 0 Å². The van der Waals surface area contributed by atoms with Crippen LogP contribution < -0.4 is 10.9 Å². The third-order valence-corrected chi connectivity index (χ3v) is 4.89. The average molecular weight is 384 g/mol. The summed E-state index contributed by atoms with van der Waals surface area (Å²) in [5.74, 6) is -0.114. The molecule has 1 unspecified atom stereocenters. The Morgan fingerprint density at radius 3 is 2.89 bits per heavy atom. The van der Waals surface area contributed by atoms with E-state index in [1.807, 2.05) is 37.3 Å². The lowest BCUT2D eigenvalue weighted by Crippen LogP contribution is -2.33. The van der Waals surface area contributed by atoms with Crippen LogP contribution in [0.3, 0.4) is 0 Å². The van der Waals surface area contributed by atoms with Crippen LogP contribution >= 0.6 is 11.8 Å². The SMILES string of the molecule is Cc1cccc(-n2nnnc2SC(C)C(=O)NCCc2cccc(=O)[nH]2)c1. The zero-order valence-electron chi connectivity index (χ0n) is 15.0. The number of rotatable bonds is 7. The highest BCUT2D eigenvalue weighted by molar-refractivity contribution is 8.00. The molecule has 9 heteroatoms. The van der Waals surface area contributed by atoms with Crippen LogP contribution in [0.5, 0.6) is 0 Å². The monoisotopic (exact) mass is 384 g/mol. The predicted molar refractivity (Wildman–Crippen MR) is 103 cm³/mol. The molecule has 1 aromatic carbocycles. The van der Waals surface area contributed by atoms with Crippen molar-refractivity contribution in [3.8, 4) is 5.69 Å². The maximum absolute atomic E-state index is 12.3. The molecule has 1 atom stereocenters. The third kappa shape index (κ3) is 5.04. The molecule has 2 N–H and O–H groups in total. The molecule has 140 valence electrons. The van der Waals surface area contributed by atoms with E-state index in [4.69, 9.17) is 0 Å². The maximum atomic E-state index is 12.3. The number of nitrogens with one attached hydrogen (secondary N) is 2. The second-order valence-electron chi connectivity index (χ2n) is 6.05. The van der Waals surface area contributed by atoms with Crippen molar-refractivity contribution in [3.63, 3.8) is 0 Å². The lowest BCUT2D eigenvalue weighted by atomic mass is 10.2. The van der Waals surface area contributed by atoms with Gasteiger partial charge in [0, 0.05) is 24.7 Å². The van der Waals surface area contributed by atoms with Crippen LogP contribution in [0.4, 0.5) is 0 Å². The molecule has 3 rings (SSSR count). The van der Waals surface area contributed by atoms with Crippen molar-refractivity contribution in [2.75, 3.05) is 6.54 Å². The Balaban J connectivity index is 1.57. The standard InChI is InChI=1S/C18H20N6O2S/c1-12-5-3-7-15(11-12)24-18(21-22-23-24)27-13(2)17(26)19-10-9-14-6-4-8-16(25)20-14/h3-8,11,13H,9-10H2,1-2H3,(H,19,26)(H,20,25). The van der Waals surface area contributed by atoms with Crippen molar-refractivity contribution in [2.45, 2.75) is 30.7 Å². The van der Waals surface area contributed by atoms with Gasteiger partial charge in [0.2, 0.25) is 16.6 Å². The van der Waals surface area contributed by atoms with Crippen molar-refractivity contribution in [1.29, 1.82) is 0 Å². The highest BCUT2D eigenvalue weighted by Crippen LogP contribution is 2.23. The van der Waals surface area contributed by atoms with Gasteiger partial charge in [-0.1, -0.05) is 30.0 Å². The first kappa shape index (κ1) is 18.8. The van der Waals surface area contributed by atoms with Crippen molar-refractivity contribution < 1.29 is 4.79 Å². The Bertz CT molecular complexity index is 983. The van der Waals surface area contributed by atoms with Gasteiger partial charge in [-0.3, -0.25) is 9.59 Å². The molecule has 2 heterocycles. The molecular weight excluding hydrogens is 364 g/mol. The number of tetrazole rings is 1. The number of benzene rings is 1. The summed E-state index contributed by atoms with van der Waals surface area (Å²) in [6, 6.07) is 12.8. The fraction of sp³-hybridized carbons (Fsp3) is 0.278. The first-order valence-corrected chi connectivity index (χ1v) is 9.39. The molecule has 0 aliphatic heterocycles. The first-order chi connectivity index (χ1) is 13.0. The molecule has 2 aromatic heterocycles. The van der Waals surface area contributed by atoms with Crippen molar-refractivity contribution in [1.82, 2.24) is 30.5 Å². The van der Waals surface area contributed by atoms with Crippen molar-refractivity contribution in [3.05, 3.63) is 64.1 Å². The molecular formula is C18H20N6O2S. The number of carbonyl (C=O) groups is 1. The van der Waals surface area contributed by atoms with Crippen LogP contribution in [0.25, 0.3) is 5.69 Å². The summed E-state index contributed by atoms with van der Waals surface area (Å²) < 4.78 is 1.62. The Morgan fingerprint density at radius 1 is 1.30 bits per heavy atom. The summed E-state index contributed by atoms with van der Waals surface area (Å²) in [5.41, 5.74) is 2.59. The second-order valence-corrected chi connectivity index (χ2v) is 7.36. The number of aryl methyl sites for hydroxylation is 1. The van der Waals surface area contributed by atoms with E-state index in [0.29, 0.717) is 18.1 Å². The van der Waals surface area contributed by atoms with E-state index in [-0.39, 0.29) is 16.7 Å². The quantitative estimate of drug-likeness (QED) is 0.598. The minimum absolute atomic E-state index is 0.114. The van der Waals surface area contributed by atoms with Gasteiger partial charge in [-0.2, -0.15) is 4.68 Å². The molecule has 1 amide bonds. The molecule has 0 spiro atoms. The fourth-order valence-electron chi connectivity index (χ4n) is 2.49. The molecule has 0 bridgehead atoms. The van der Waals surface area contributed by atoms with Crippen molar-refractivity contribution >= 4 is 17.7 Å². The number of hydrogen-bond donors (Lipinski definition) is 2. The van der Waals surface area contributed by atoms with Gasteiger partial charge in [-0.25, -0.2) is 0 Å². The molecule has 0 fully saturated rings. The number of aromatic amines is 1. The molecule has 0 radical (unpaired) electrons. The molecule has 27 heavy (non-hydrogen) atoms. The number of hydrogen-bond acceptors (Lipinski definition) is 6. The van der Waals surface area contributed by atoms with Gasteiger partial charge in [0.1, 0.15) is 0 Å². The number of carbonyl (C=O) groups excluding carboxylic acids is 1. The van der Waals surface area contributed by atoms with E-state index in [2.05, 4.69) is 25.8 Å². The summed E-state index contributed by atoms with van der Waals surface area (Å²) in [7, 11) is 0. The number of aromatic nitrogens is 5. The zero-order valence-corrected chi connectivity index (χ0v) is 15.9. The Kier molecular flexibility index (Phi) is 6.02. The third-order valence-electron chi connectivity index (χ3n) is 3.86. The highest BCUT2D eigenvalue weighted by atomic mass is 32.2. The molecule has 3 aromatic rings. The summed E-state index contributed by atoms with van der Waals surface area (Å²) in [6.07, 6.45) is 0.556. The summed E-state index contributed by atoms with van der Waals surface area (Å²) >= 11 is 1.29. The first-order valence-electron chi connectivity index (χ1n) is 8.51. The summed E-state index contributed by atoms with van der Waals surface area (Å²) in [5, 5.41) is 14.8. The fourth-order valence-corrected chi connectivity index (χ4v) is 3.32. The van der Waals surface area contributed by atoms with E-state index < -0.39 is 0 Å². The number of nitrogens with zero attached hydrogens (tertiary/aromatic N) is 4. The molecule has 0 aliphatic carbocycles. The van der Waals surface area contributed by atoms with Gasteiger partial charge in [0.15, 0.2) is 0 Å². The molecule has 0 aliphatic rings. The van der Waals surface area contributed by atoms with Gasteiger partial charge in [0.05, 0.1) is 10.9 Å². The number of pyridine rings is 1. The van der Waals surface area contributed by atoms with Gasteiger partial charge in [-0.15, -0.1) is 5.10 Å². The molecule has 0 saturated heterocycles. The van der Waals surface area contributed by atoms with Crippen LogP contribution in [-0.4, -0.2) is 42.9 Å². The number of H-pyrrole nitrogens is 1. The van der Waals surface area contributed by atoms with Crippen LogP contribution in [0.1, 0.15) is 18.2 Å². The van der Waals surface area contributed by atoms with E-state index in [0.717, 1.165) is 16.9 Å². The Labute approximate surface area is 160 Å². The second kappa shape index (κ2) is 8.63. The maximum Gasteiger partial charge on any atom is 0.248 e. The van der Waals surface area contributed by atoms with Gasteiger partial charge < -0.3 is 10.3 Å². The Hall–Kier alpha value is -2.94. The van der Waals surface area contributed by atoms with Crippen LogP contribution in [0.15, 0.2) is 52.4 Å². The highest BCUT2D eigenvalue weighted by Gasteiger charge is 2.19. The van der Waals surface area contributed by atoms with Gasteiger partial charge in [0.25, 0.3) is 0 Å². The van der Waals surface area contributed by atoms with E-state index in [1.165, 1.54) is 17.8 Å². The molecule has 0 saturated carbocycles. The van der Waals surface area contributed by atoms with Gasteiger partial charge >= 0.3 is 0 Å². The lowest BCUT2D eigenvalue weighted by Gasteiger charge is -2.12. The van der Waals surface area contributed by atoms with E-state index in [1.54, 1.807) is 17.7 Å². The van der Waals surface area contributed by atoms with E-state index in [9.17, 15) is 9.59 Å². The lowest BCUT2D eigenvalue weighted by molar-refractivity contribution is -0.120. The number of thioether (sulfide) groups is 1. The predicted octanol–water partition coefficient (Wildman–Crippen LogP) is 1.50. The largest absolute Gasteiger partial charge is 0.355 e. The molecule has 8 nitrogen and oxygen atoms in total. The average Bonchev–Trinajstić information content (AvgIpc) is 3.10. The summed E-state index contributed by atoms with van der Waals surface area (Å²) in [4.78, 5) is 26.4. The van der Waals surface area contributed by atoms with Crippen molar-refractivity contribution in [2.24, 2.45) is 0 Å². The Morgan fingerprint density at radius 2 is 2.11 bits per heavy atom. The topological polar surface area (TPSA) is 106 Å². The minimum atomic E-state index is -0.366. The summed E-state index contributed by atoms with van der Waals surface area (Å²) in [6.45, 7) is 4.24. The van der Waals surface area contributed by atoms with Crippen LogP contribution in [0, 0.1) is 6.92 Å². The zero-order chi connectivity index (χ0) is 19.2. The minimum Gasteiger partial charge on any atom is -0.355 e.